The van der Waals surface area contributed by atoms with Gasteiger partial charge in [0, 0.05) is 50.3 Å². The number of nitrogens with one attached hydrogen (secondary N) is 1. The Morgan fingerprint density at radius 3 is 2.46 bits per heavy atom. The molecule has 1 N–H and O–H groups in total. The summed E-state index contributed by atoms with van der Waals surface area (Å²) in [6.45, 7) is 4.86. The largest absolute Gasteiger partial charge is 0.379 e. The summed E-state index contributed by atoms with van der Waals surface area (Å²) in [6.07, 6.45) is 5.50. The van der Waals surface area contributed by atoms with Crippen molar-refractivity contribution < 1.29 is 9.13 Å². The maximum atomic E-state index is 13.3. The highest BCUT2D eigenvalue weighted by Crippen LogP contribution is 2.22. The van der Waals surface area contributed by atoms with E-state index in [1.807, 2.05) is 22.9 Å². The molecule has 0 radical (unpaired) electrons. The Labute approximate surface area is 164 Å². The Kier molecular flexibility index (Phi) is 6.11. The number of hydrogen-bond donors (Lipinski definition) is 1. The molecule has 2 heterocycles. The number of rotatable bonds is 7. The zero-order chi connectivity index (χ0) is 19.2. The minimum absolute atomic E-state index is 0.199. The minimum atomic E-state index is -0.199. The van der Waals surface area contributed by atoms with E-state index in [0.29, 0.717) is 0 Å². The predicted octanol–water partition coefficient (Wildman–Crippen LogP) is 3.17. The highest BCUT2D eigenvalue weighted by molar-refractivity contribution is 5.34. The van der Waals surface area contributed by atoms with Gasteiger partial charge in [-0.3, -0.25) is 4.90 Å². The van der Waals surface area contributed by atoms with E-state index >= 15 is 0 Å². The second kappa shape index (κ2) is 9.10. The minimum Gasteiger partial charge on any atom is -0.379 e. The summed E-state index contributed by atoms with van der Waals surface area (Å²) < 4.78 is 20.8. The molecule has 1 aromatic heterocycles. The van der Waals surface area contributed by atoms with Crippen LogP contribution < -0.4 is 5.32 Å². The molecule has 5 nitrogen and oxygen atoms in total. The van der Waals surface area contributed by atoms with Crippen LogP contribution in [-0.4, -0.2) is 47.3 Å². The fraction of sp³-hybridized carbons (Fsp3) is 0.318. The number of hydrogen-bond acceptors (Lipinski definition) is 4. The van der Waals surface area contributed by atoms with Crippen molar-refractivity contribution in [2.24, 2.45) is 0 Å². The van der Waals surface area contributed by atoms with Crippen LogP contribution in [0.5, 0.6) is 0 Å². The number of ether oxygens (including phenoxy) is 1. The first-order valence-corrected chi connectivity index (χ1v) is 9.65. The lowest BCUT2D eigenvalue weighted by atomic mass is 10.0. The average molecular weight is 380 g/mol. The number of aromatic nitrogens is 2. The van der Waals surface area contributed by atoms with Crippen LogP contribution in [0, 0.1) is 5.82 Å². The summed E-state index contributed by atoms with van der Waals surface area (Å²) in [6, 6.07) is 15.5. The molecular formula is C22H25FN4O. The van der Waals surface area contributed by atoms with Crippen LogP contribution in [0.3, 0.4) is 0 Å². The zero-order valence-corrected chi connectivity index (χ0v) is 15.8. The smallest absolute Gasteiger partial charge is 0.123 e. The fourth-order valence-electron chi connectivity index (χ4n) is 3.58. The third kappa shape index (κ3) is 4.65. The van der Waals surface area contributed by atoms with Gasteiger partial charge in [-0.05, 0) is 35.4 Å². The molecule has 1 saturated heterocycles. The monoisotopic (exact) mass is 380 g/mol. The van der Waals surface area contributed by atoms with Crippen LogP contribution >= 0.6 is 0 Å². The fourth-order valence-corrected chi connectivity index (χ4v) is 3.58. The van der Waals surface area contributed by atoms with Gasteiger partial charge in [0.05, 0.1) is 19.5 Å². The quantitative estimate of drug-likeness (QED) is 0.684. The summed E-state index contributed by atoms with van der Waals surface area (Å²) in [5.74, 6) is -0.199. The first-order valence-electron chi connectivity index (χ1n) is 9.65. The topological polar surface area (TPSA) is 42.3 Å². The standard InChI is InChI=1S/C22H25FN4O/c23-20-5-3-19(4-6-20)22(26-11-13-28-14-12-26)16-25-15-18-1-7-21(8-2-18)27-10-9-24-17-27/h1-10,17,22,25H,11-16H2/t22-/m0/s1. The van der Waals surface area contributed by atoms with Crippen molar-refractivity contribution in [3.63, 3.8) is 0 Å². The SMILES string of the molecule is Fc1ccc([C@H](CNCc2ccc(-n3ccnc3)cc2)N2CCOCC2)cc1. The molecule has 3 aromatic rings. The molecule has 146 valence electrons. The molecule has 0 spiro atoms. The van der Waals surface area contributed by atoms with Crippen molar-refractivity contribution in [2.45, 2.75) is 12.6 Å². The molecule has 1 aliphatic rings. The lowest BCUT2D eigenvalue weighted by Gasteiger charge is -2.35. The van der Waals surface area contributed by atoms with Gasteiger partial charge in [0.25, 0.3) is 0 Å². The summed E-state index contributed by atoms with van der Waals surface area (Å²) in [7, 11) is 0. The van der Waals surface area contributed by atoms with Gasteiger partial charge in [-0.2, -0.15) is 0 Å². The molecule has 0 bridgehead atoms. The lowest BCUT2D eigenvalue weighted by molar-refractivity contribution is 0.0161. The van der Waals surface area contributed by atoms with Crippen molar-refractivity contribution >= 4 is 0 Å². The zero-order valence-electron chi connectivity index (χ0n) is 15.8. The Morgan fingerprint density at radius 1 is 1.04 bits per heavy atom. The molecule has 0 amide bonds. The van der Waals surface area contributed by atoms with Crippen molar-refractivity contribution in [3.8, 4) is 5.69 Å². The van der Waals surface area contributed by atoms with Crippen molar-refractivity contribution in [2.75, 3.05) is 32.8 Å². The van der Waals surface area contributed by atoms with Crippen LogP contribution in [0.15, 0.2) is 67.3 Å². The Balaban J connectivity index is 1.39. The second-order valence-corrected chi connectivity index (χ2v) is 6.98. The molecule has 28 heavy (non-hydrogen) atoms. The maximum Gasteiger partial charge on any atom is 0.123 e. The molecule has 6 heteroatoms. The van der Waals surface area contributed by atoms with E-state index in [2.05, 4.69) is 39.5 Å². The summed E-state index contributed by atoms with van der Waals surface area (Å²) >= 11 is 0. The number of halogens is 1. The molecule has 0 saturated carbocycles. The van der Waals surface area contributed by atoms with E-state index in [1.54, 1.807) is 12.5 Å². The molecular weight excluding hydrogens is 355 g/mol. The van der Waals surface area contributed by atoms with Gasteiger partial charge < -0.3 is 14.6 Å². The molecule has 2 aromatic carbocycles. The summed E-state index contributed by atoms with van der Waals surface area (Å²) in [4.78, 5) is 6.49. The van der Waals surface area contributed by atoms with E-state index in [4.69, 9.17) is 4.74 Å². The predicted molar refractivity (Wildman–Crippen MR) is 107 cm³/mol. The Hall–Kier alpha value is -2.54. The van der Waals surface area contributed by atoms with E-state index in [1.165, 1.54) is 17.7 Å². The van der Waals surface area contributed by atoms with Crippen LogP contribution in [0.1, 0.15) is 17.2 Å². The van der Waals surface area contributed by atoms with Crippen LogP contribution in [0.4, 0.5) is 4.39 Å². The van der Waals surface area contributed by atoms with Crippen LogP contribution in [0.25, 0.3) is 5.69 Å². The normalized spacial score (nSPS) is 16.2. The molecule has 0 aliphatic carbocycles. The highest BCUT2D eigenvalue weighted by Gasteiger charge is 2.22. The molecule has 0 unspecified atom stereocenters. The van der Waals surface area contributed by atoms with Crippen molar-refractivity contribution in [1.29, 1.82) is 0 Å². The van der Waals surface area contributed by atoms with Gasteiger partial charge in [0.15, 0.2) is 0 Å². The van der Waals surface area contributed by atoms with E-state index in [-0.39, 0.29) is 11.9 Å². The van der Waals surface area contributed by atoms with E-state index in [0.717, 1.165) is 50.6 Å². The van der Waals surface area contributed by atoms with Crippen molar-refractivity contribution in [1.82, 2.24) is 19.8 Å². The highest BCUT2D eigenvalue weighted by atomic mass is 19.1. The maximum absolute atomic E-state index is 13.3. The number of nitrogens with zero attached hydrogens (tertiary/aromatic N) is 3. The van der Waals surface area contributed by atoms with Crippen molar-refractivity contribution in [3.05, 3.63) is 84.2 Å². The van der Waals surface area contributed by atoms with Crippen LogP contribution in [0.2, 0.25) is 0 Å². The lowest BCUT2D eigenvalue weighted by Crippen LogP contribution is -2.42. The van der Waals surface area contributed by atoms with E-state index in [9.17, 15) is 4.39 Å². The first-order chi connectivity index (χ1) is 13.8. The number of morpholine rings is 1. The Morgan fingerprint density at radius 2 is 1.79 bits per heavy atom. The molecule has 1 fully saturated rings. The van der Waals surface area contributed by atoms with Gasteiger partial charge >= 0.3 is 0 Å². The second-order valence-electron chi connectivity index (χ2n) is 6.98. The molecule has 1 aliphatic heterocycles. The summed E-state index contributed by atoms with van der Waals surface area (Å²) in [5.41, 5.74) is 3.45. The van der Waals surface area contributed by atoms with Crippen LogP contribution in [-0.2, 0) is 11.3 Å². The van der Waals surface area contributed by atoms with E-state index < -0.39 is 0 Å². The van der Waals surface area contributed by atoms with Gasteiger partial charge in [-0.1, -0.05) is 24.3 Å². The Bertz CT molecular complexity index is 843. The third-order valence-electron chi connectivity index (χ3n) is 5.15. The van der Waals surface area contributed by atoms with Gasteiger partial charge in [-0.15, -0.1) is 0 Å². The molecule has 1 atom stereocenters. The molecule has 4 rings (SSSR count). The average Bonchev–Trinajstić information content (AvgIpc) is 3.28. The first kappa shape index (κ1) is 18.8. The number of benzene rings is 2. The van der Waals surface area contributed by atoms with Gasteiger partial charge in [0.2, 0.25) is 0 Å². The van der Waals surface area contributed by atoms with Gasteiger partial charge in [-0.25, -0.2) is 9.37 Å². The number of imidazole rings is 1. The third-order valence-corrected chi connectivity index (χ3v) is 5.15. The summed E-state index contributed by atoms with van der Waals surface area (Å²) in [5, 5.41) is 3.57. The van der Waals surface area contributed by atoms with Gasteiger partial charge in [0.1, 0.15) is 5.82 Å².